The Hall–Kier alpha value is -1.22. The molecular weight excluding hydrogens is 180 g/mol. The predicted octanol–water partition coefficient (Wildman–Crippen LogP) is 2.17. The zero-order chi connectivity index (χ0) is 9.97. The van der Waals surface area contributed by atoms with Crippen LogP contribution in [0.2, 0.25) is 0 Å². The highest BCUT2D eigenvalue weighted by Gasteiger charge is 2.29. The van der Waals surface area contributed by atoms with Gasteiger partial charge < -0.3 is 14.2 Å². The van der Waals surface area contributed by atoms with Crippen LogP contribution in [0.3, 0.4) is 0 Å². The molecule has 2 rings (SSSR count). The molecule has 0 saturated carbocycles. The van der Waals surface area contributed by atoms with Gasteiger partial charge in [0.15, 0.2) is 11.5 Å². The minimum Gasteiger partial charge on any atom is -0.492 e. The first kappa shape index (κ1) is 9.34. The van der Waals surface area contributed by atoms with Gasteiger partial charge in [-0.1, -0.05) is 12.1 Å². The second kappa shape index (κ2) is 3.88. The number of epoxide rings is 1. The number of hydrogen-bond acceptors (Lipinski definition) is 3. The molecule has 0 amide bonds. The fourth-order valence-corrected chi connectivity index (χ4v) is 1.50. The molecule has 1 atom stereocenters. The summed E-state index contributed by atoms with van der Waals surface area (Å²) < 4.78 is 16.0. The molecule has 1 aliphatic rings. The van der Waals surface area contributed by atoms with E-state index in [-0.39, 0.29) is 6.10 Å². The molecule has 0 N–H and O–H groups in total. The first-order valence-corrected chi connectivity index (χ1v) is 4.78. The fourth-order valence-electron chi connectivity index (χ4n) is 1.50. The fraction of sp³-hybridized carbons (Fsp3) is 0.455. The average molecular weight is 194 g/mol. The smallest absolute Gasteiger partial charge is 0.166 e. The molecule has 76 valence electrons. The van der Waals surface area contributed by atoms with Gasteiger partial charge in [-0.2, -0.15) is 0 Å². The standard InChI is InChI=1S/C11H14O3/c1-3-13-9-6-4-5-8(10-7-14-10)11(9)12-2/h4-6,10H,3,7H2,1-2H3/t10-/m1/s1. The summed E-state index contributed by atoms with van der Waals surface area (Å²) in [5.74, 6) is 1.60. The van der Waals surface area contributed by atoms with Gasteiger partial charge in [-0.3, -0.25) is 0 Å². The highest BCUT2D eigenvalue weighted by atomic mass is 16.6. The highest BCUT2D eigenvalue weighted by molar-refractivity contribution is 5.48. The van der Waals surface area contributed by atoms with Crippen LogP contribution >= 0.6 is 0 Å². The first-order valence-electron chi connectivity index (χ1n) is 4.78. The Bertz CT molecular complexity index is 318. The van der Waals surface area contributed by atoms with E-state index < -0.39 is 0 Å². The molecule has 0 spiro atoms. The molecule has 0 aromatic heterocycles. The van der Waals surface area contributed by atoms with Gasteiger partial charge in [0.25, 0.3) is 0 Å². The van der Waals surface area contributed by atoms with Crippen molar-refractivity contribution >= 4 is 0 Å². The van der Waals surface area contributed by atoms with Crippen molar-refractivity contribution in [2.24, 2.45) is 0 Å². The molecule has 0 radical (unpaired) electrons. The second-order valence-electron chi connectivity index (χ2n) is 3.13. The molecule has 1 aromatic rings. The van der Waals surface area contributed by atoms with Crippen LogP contribution in [0.15, 0.2) is 18.2 Å². The lowest BCUT2D eigenvalue weighted by Crippen LogP contribution is -1.98. The molecule has 14 heavy (non-hydrogen) atoms. The van der Waals surface area contributed by atoms with Crippen LogP contribution in [0, 0.1) is 0 Å². The molecule has 0 unspecified atom stereocenters. The van der Waals surface area contributed by atoms with E-state index >= 15 is 0 Å². The van der Waals surface area contributed by atoms with Crippen molar-refractivity contribution in [3.63, 3.8) is 0 Å². The van der Waals surface area contributed by atoms with E-state index in [1.54, 1.807) is 7.11 Å². The maximum Gasteiger partial charge on any atom is 0.166 e. The van der Waals surface area contributed by atoms with Crippen molar-refractivity contribution < 1.29 is 14.2 Å². The van der Waals surface area contributed by atoms with Crippen LogP contribution in [-0.4, -0.2) is 20.3 Å². The van der Waals surface area contributed by atoms with Crippen molar-refractivity contribution in [2.75, 3.05) is 20.3 Å². The summed E-state index contributed by atoms with van der Waals surface area (Å²) in [6, 6.07) is 5.89. The largest absolute Gasteiger partial charge is 0.492 e. The molecule has 1 heterocycles. The van der Waals surface area contributed by atoms with Crippen molar-refractivity contribution in [2.45, 2.75) is 13.0 Å². The van der Waals surface area contributed by atoms with Gasteiger partial charge in [-0.05, 0) is 13.0 Å². The quantitative estimate of drug-likeness (QED) is 0.688. The summed E-state index contributed by atoms with van der Waals surface area (Å²) >= 11 is 0. The molecule has 3 heteroatoms. The molecule has 1 saturated heterocycles. The monoisotopic (exact) mass is 194 g/mol. The van der Waals surface area contributed by atoms with E-state index in [0.717, 1.165) is 23.7 Å². The molecule has 3 nitrogen and oxygen atoms in total. The Morgan fingerprint density at radius 1 is 1.50 bits per heavy atom. The van der Waals surface area contributed by atoms with Gasteiger partial charge >= 0.3 is 0 Å². The van der Waals surface area contributed by atoms with E-state index in [1.807, 2.05) is 25.1 Å². The zero-order valence-corrected chi connectivity index (χ0v) is 8.45. The zero-order valence-electron chi connectivity index (χ0n) is 8.45. The summed E-state index contributed by atoms with van der Waals surface area (Å²) in [4.78, 5) is 0. The van der Waals surface area contributed by atoms with Crippen LogP contribution in [0.25, 0.3) is 0 Å². The van der Waals surface area contributed by atoms with Crippen LogP contribution in [-0.2, 0) is 4.74 Å². The maximum atomic E-state index is 5.47. The third-order valence-corrected chi connectivity index (χ3v) is 2.19. The minimum absolute atomic E-state index is 0.199. The molecule has 1 fully saturated rings. The first-order chi connectivity index (χ1) is 6.86. The van der Waals surface area contributed by atoms with Gasteiger partial charge in [-0.15, -0.1) is 0 Å². The molecule has 1 aromatic carbocycles. The van der Waals surface area contributed by atoms with Gasteiger partial charge in [0.2, 0.25) is 0 Å². The van der Waals surface area contributed by atoms with E-state index in [4.69, 9.17) is 14.2 Å². The van der Waals surface area contributed by atoms with E-state index in [9.17, 15) is 0 Å². The van der Waals surface area contributed by atoms with Gasteiger partial charge in [0.1, 0.15) is 6.10 Å². The molecule has 1 aliphatic heterocycles. The molecule has 0 bridgehead atoms. The van der Waals surface area contributed by atoms with Gasteiger partial charge in [0, 0.05) is 5.56 Å². The third kappa shape index (κ3) is 1.68. The summed E-state index contributed by atoms with van der Waals surface area (Å²) in [5, 5.41) is 0. The Labute approximate surface area is 83.6 Å². The maximum absolute atomic E-state index is 5.47. The third-order valence-electron chi connectivity index (χ3n) is 2.19. The topological polar surface area (TPSA) is 31.0 Å². The lowest BCUT2D eigenvalue weighted by Gasteiger charge is -2.11. The van der Waals surface area contributed by atoms with Gasteiger partial charge in [-0.25, -0.2) is 0 Å². The normalized spacial score (nSPS) is 19.1. The summed E-state index contributed by atoms with van der Waals surface area (Å²) in [5.41, 5.74) is 1.08. The number of ether oxygens (including phenoxy) is 3. The lowest BCUT2D eigenvalue weighted by molar-refractivity contribution is 0.306. The Morgan fingerprint density at radius 3 is 2.86 bits per heavy atom. The van der Waals surface area contributed by atoms with Crippen LogP contribution in [0.5, 0.6) is 11.5 Å². The summed E-state index contributed by atoms with van der Waals surface area (Å²) in [6.45, 7) is 3.39. The van der Waals surface area contributed by atoms with Crippen molar-refractivity contribution in [3.8, 4) is 11.5 Å². The summed E-state index contributed by atoms with van der Waals surface area (Å²) in [6.07, 6.45) is 0.199. The van der Waals surface area contributed by atoms with Crippen molar-refractivity contribution in [1.29, 1.82) is 0 Å². The Morgan fingerprint density at radius 2 is 2.29 bits per heavy atom. The summed E-state index contributed by atoms with van der Waals surface area (Å²) in [7, 11) is 1.66. The highest BCUT2D eigenvalue weighted by Crippen LogP contribution is 2.41. The van der Waals surface area contributed by atoms with Crippen LogP contribution < -0.4 is 9.47 Å². The molecular formula is C11H14O3. The Balaban J connectivity index is 2.34. The van der Waals surface area contributed by atoms with E-state index in [1.165, 1.54) is 0 Å². The van der Waals surface area contributed by atoms with E-state index in [0.29, 0.717) is 6.61 Å². The SMILES string of the molecule is CCOc1cccc([C@H]2CO2)c1OC. The van der Waals surface area contributed by atoms with Crippen molar-refractivity contribution in [1.82, 2.24) is 0 Å². The second-order valence-corrected chi connectivity index (χ2v) is 3.13. The van der Waals surface area contributed by atoms with Crippen LogP contribution in [0.4, 0.5) is 0 Å². The van der Waals surface area contributed by atoms with E-state index in [2.05, 4.69) is 0 Å². The predicted molar refractivity (Wildman–Crippen MR) is 52.9 cm³/mol. The van der Waals surface area contributed by atoms with Gasteiger partial charge in [0.05, 0.1) is 20.3 Å². The lowest BCUT2D eigenvalue weighted by atomic mass is 10.1. The van der Waals surface area contributed by atoms with Crippen molar-refractivity contribution in [3.05, 3.63) is 23.8 Å². The van der Waals surface area contributed by atoms with Crippen LogP contribution in [0.1, 0.15) is 18.6 Å². The molecule has 0 aliphatic carbocycles. The number of rotatable bonds is 4. The number of methoxy groups -OCH3 is 1. The number of hydrogen-bond donors (Lipinski definition) is 0. The average Bonchev–Trinajstić information content (AvgIpc) is 3.01. The Kier molecular flexibility index (Phi) is 2.59. The number of para-hydroxylation sites is 1. The minimum atomic E-state index is 0.199. The number of benzene rings is 1.